The van der Waals surface area contributed by atoms with Crippen LogP contribution in [0.2, 0.25) is 5.02 Å². The Morgan fingerprint density at radius 2 is 2.00 bits per heavy atom. The first-order chi connectivity index (χ1) is 13.5. The van der Waals surface area contributed by atoms with E-state index in [2.05, 4.69) is 21.3 Å². The number of carbonyl (C=O) groups is 2. The van der Waals surface area contributed by atoms with Gasteiger partial charge in [-0.05, 0) is 38.1 Å². The van der Waals surface area contributed by atoms with Crippen LogP contribution in [0.3, 0.4) is 0 Å². The summed E-state index contributed by atoms with van der Waals surface area (Å²) in [6, 6.07) is 6.54. The fourth-order valence-electron chi connectivity index (χ4n) is 3.15. The Morgan fingerprint density at radius 3 is 2.68 bits per heavy atom. The maximum absolute atomic E-state index is 12.6. The molecule has 2 heterocycles. The quantitative estimate of drug-likeness (QED) is 0.258. The van der Waals surface area contributed by atoms with Crippen LogP contribution >= 0.6 is 11.6 Å². The SMILES string of the molecule is N=C/C(C(=O)NC(=N)c1cccc(Cl)c1)=C1/NC(=O)C=C(C2CCNCC2)N1. The number of amides is 2. The first kappa shape index (κ1) is 19.8. The van der Waals surface area contributed by atoms with Crippen molar-refractivity contribution in [3.05, 3.63) is 58.0 Å². The molecule has 0 atom stereocenters. The maximum Gasteiger partial charge on any atom is 0.262 e. The van der Waals surface area contributed by atoms with Gasteiger partial charge >= 0.3 is 0 Å². The molecule has 0 aliphatic carbocycles. The fraction of sp³-hybridized carbons (Fsp3) is 0.263. The molecule has 0 bridgehead atoms. The Hall–Kier alpha value is -2.97. The van der Waals surface area contributed by atoms with Gasteiger partial charge in [-0.3, -0.25) is 15.0 Å². The third kappa shape index (κ3) is 4.65. The van der Waals surface area contributed by atoms with Gasteiger partial charge in [0.15, 0.2) is 0 Å². The molecule has 2 aliphatic rings. The van der Waals surface area contributed by atoms with Crippen LogP contribution < -0.4 is 21.3 Å². The number of piperidine rings is 1. The molecule has 3 rings (SSSR count). The average molecular weight is 401 g/mol. The van der Waals surface area contributed by atoms with Gasteiger partial charge in [-0.2, -0.15) is 0 Å². The Balaban J connectivity index is 1.78. The predicted octanol–water partition coefficient (Wildman–Crippen LogP) is 1.25. The molecule has 0 aromatic heterocycles. The van der Waals surface area contributed by atoms with Crippen LogP contribution in [0.25, 0.3) is 0 Å². The van der Waals surface area contributed by atoms with Crippen LogP contribution in [0.1, 0.15) is 18.4 Å². The molecule has 1 saturated heterocycles. The second-order valence-electron chi connectivity index (χ2n) is 6.51. The monoisotopic (exact) mass is 400 g/mol. The van der Waals surface area contributed by atoms with Crippen molar-refractivity contribution in [2.45, 2.75) is 12.8 Å². The van der Waals surface area contributed by atoms with Gasteiger partial charge in [0.25, 0.3) is 11.8 Å². The third-order valence-corrected chi connectivity index (χ3v) is 4.83. The topological polar surface area (TPSA) is 130 Å². The van der Waals surface area contributed by atoms with Crippen molar-refractivity contribution >= 4 is 35.5 Å². The van der Waals surface area contributed by atoms with Crippen LogP contribution in [0.15, 0.2) is 47.4 Å². The van der Waals surface area contributed by atoms with Crippen molar-refractivity contribution in [1.82, 2.24) is 21.3 Å². The lowest BCUT2D eigenvalue weighted by Crippen LogP contribution is -2.43. The van der Waals surface area contributed by atoms with Crippen molar-refractivity contribution < 1.29 is 9.59 Å². The minimum atomic E-state index is -0.672. The highest BCUT2D eigenvalue weighted by Gasteiger charge is 2.26. The molecule has 0 unspecified atom stereocenters. The normalized spacial score (nSPS) is 19.0. The van der Waals surface area contributed by atoms with E-state index in [1.165, 1.54) is 6.08 Å². The molecule has 8 nitrogen and oxygen atoms in total. The second kappa shape index (κ2) is 8.81. The van der Waals surface area contributed by atoms with Crippen LogP contribution in [0.4, 0.5) is 0 Å². The number of allylic oxidation sites excluding steroid dienone is 1. The van der Waals surface area contributed by atoms with E-state index in [4.69, 9.17) is 22.4 Å². The lowest BCUT2D eigenvalue weighted by Gasteiger charge is -2.29. The number of benzene rings is 1. The third-order valence-electron chi connectivity index (χ3n) is 4.59. The van der Waals surface area contributed by atoms with Gasteiger partial charge in [0, 0.05) is 34.5 Å². The van der Waals surface area contributed by atoms with Crippen LogP contribution in [-0.4, -0.2) is 37.0 Å². The summed E-state index contributed by atoms with van der Waals surface area (Å²) in [5.74, 6) is -0.841. The summed E-state index contributed by atoms with van der Waals surface area (Å²) in [4.78, 5) is 24.7. The zero-order chi connectivity index (χ0) is 20.1. The molecule has 6 N–H and O–H groups in total. The Labute approximate surface area is 167 Å². The van der Waals surface area contributed by atoms with Gasteiger partial charge in [-0.25, -0.2) is 0 Å². The van der Waals surface area contributed by atoms with E-state index in [0.717, 1.165) is 37.8 Å². The molecule has 0 saturated carbocycles. The Kier molecular flexibility index (Phi) is 6.23. The maximum atomic E-state index is 12.6. The van der Waals surface area contributed by atoms with Crippen LogP contribution in [0.5, 0.6) is 0 Å². The fourth-order valence-corrected chi connectivity index (χ4v) is 3.34. The van der Waals surface area contributed by atoms with Crippen molar-refractivity contribution in [2.24, 2.45) is 5.92 Å². The zero-order valence-electron chi connectivity index (χ0n) is 15.1. The van der Waals surface area contributed by atoms with Crippen LogP contribution in [-0.2, 0) is 9.59 Å². The Morgan fingerprint density at radius 1 is 1.25 bits per heavy atom. The molecule has 0 radical (unpaired) electrons. The summed E-state index contributed by atoms with van der Waals surface area (Å²) in [5.41, 5.74) is 1.10. The molecule has 0 spiro atoms. The van der Waals surface area contributed by atoms with E-state index in [0.29, 0.717) is 10.6 Å². The van der Waals surface area contributed by atoms with E-state index in [1.54, 1.807) is 24.3 Å². The van der Waals surface area contributed by atoms with Crippen molar-refractivity contribution in [3.63, 3.8) is 0 Å². The summed E-state index contributed by atoms with van der Waals surface area (Å²) in [6.07, 6.45) is 4.11. The summed E-state index contributed by atoms with van der Waals surface area (Å²) >= 11 is 5.92. The zero-order valence-corrected chi connectivity index (χ0v) is 15.8. The van der Waals surface area contributed by atoms with Gasteiger partial charge in [0.2, 0.25) is 0 Å². The molecule has 2 aliphatic heterocycles. The first-order valence-corrected chi connectivity index (χ1v) is 9.26. The summed E-state index contributed by atoms with van der Waals surface area (Å²) < 4.78 is 0. The standard InChI is InChI=1S/C19H21ClN6O2/c20-13-3-1-2-12(8-13)17(22)26-19(28)14(10-21)18-24-15(9-16(27)25-18)11-4-6-23-7-5-11/h1-3,8-11,21,23-24H,4-7H2,(H,25,27)(H2,22,26,28)/b18-14-,21-10?. The van der Waals surface area contributed by atoms with E-state index in [9.17, 15) is 9.59 Å². The lowest BCUT2D eigenvalue weighted by atomic mass is 9.93. The minimum Gasteiger partial charge on any atom is -0.344 e. The molecular formula is C19H21ClN6O2. The van der Waals surface area contributed by atoms with E-state index >= 15 is 0 Å². The molecule has 2 amide bonds. The van der Waals surface area contributed by atoms with E-state index in [-0.39, 0.29) is 29.1 Å². The number of hydrogen-bond acceptors (Lipinski definition) is 6. The van der Waals surface area contributed by atoms with Crippen molar-refractivity contribution in [2.75, 3.05) is 13.1 Å². The van der Waals surface area contributed by atoms with E-state index < -0.39 is 5.91 Å². The number of nitrogens with one attached hydrogen (secondary N) is 6. The minimum absolute atomic E-state index is 0.0698. The Bertz CT molecular complexity index is 886. The van der Waals surface area contributed by atoms with Gasteiger partial charge in [0.1, 0.15) is 11.7 Å². The summed E-state index contributed by atoms with van der Waals surface area (Å²) in [6.45, 7) is 1.72. The van der Waals surface area contributed by atoms with Gasteiger partial charge in [-0.15, -0.1) is 0 Å². The highest BCUT2D eigenvalue weighted by Crippen LogP contribution is 2.22. The van der Waals surface area contributed by atoms with Crippen molar-refractivity contribution in [3.8, 4) is 0 Å². The van der Waals surface area contributed by atoms with Gasteiger partial charge in [-0.1, -0.05) is 23.7 Å². The van der Waals surface area contributed by atoms with Gasteiger partial charge < -0.3 is 26.7 Å². The summed E-state index contributed by atoms with van der Waals surface area (Å²) in [7, 11) is 0. The highest BCUT2D eigenvalue weighted by atomic mass is 35.5. The average Bonchev–Trinajstić information content (AvgIpc) is 2.69. The molecule has 9 heteroatoms. The lowest BCUT2D eigenvalue weighted by molar-refractivity contribution is -0.116. The number of amidine groups is 1. The first-order valence-electron chi connectivity index (χ1n) is 8.89. The molecule has 1 aromatic rings. The van der Waals surface area contributed by atoms with Crippen molar-refractivity contribution in [1.29, 1.82) is 10.8 Å². The molecule has 28 heavy (non-hydrogen) atoms. The number of halogens is 1. The van der Waals surface area contributed by atoms with Gasteiger partial charge in [0.05, 0.1) is 5.57 Å². The molecule has 1 aromatic carbocycles. The predicted molar refractivity (Wildman–Crippen MR) is 107 cm³/mol. The highest BCUT2D eigenvalue weighted by molar-refractivity contribution is 6.31. The largest absolute Gasteiger partial charge is 0.344 e. The molecule has 1 fully saturated rings. The molecule has 146 valence electrons. The van der Waals surface area contributed by atoms with Crippen LogP contribution in [0, 0.1) is 16.7 Å². The molecular weight excluding hydrogens is 380 g/mol. The number of rotatable bonds is 4. The second-order valence-corrected chi connectivity index (χ2v) is 6.95. The summed E-state index contributed by atoms with van der Waals surface area (Å²) in [5, 5.41) is 27.5. The number of carbonyl (C=O) groups excluding carboxylic acids is 2. The van der Waals surface area contributed by atoms with E-state index in [1.807, 2.05) is 0 Å². The number of hydrogen-bond donors (Lipinski definition) is 6. The smallest absolute Gasteiger partial charge is 0.262 e.